The summed E-state index contributed by atoms with van der Waals surface area (Å²) in [6.45, 7) is 0.325. The number of halogens is 2. The molecule has 33 heavy (non-hydrogen) atoms. The van der Waals surface area contributed by atoms with E-state index in [4.69, 9.17) is 4.74 Å². The molecule has 0 aliphatic heterocycles. The molecule has 2 aromatic carbocycles. The van der Waals surface area contributed by atoms with E-state index in [0.717, 1.165) is 0 Å². The Kier molecular flexibility index (Phi) is 6.99. The average Bonchev–Trinajstić information content (AvgIpc) is 3.12. The smallest absolute Gasteiger partial charge is 0.291 e. The molecule has 2 aromatic heterocycles. The first kappa shape index (κ1) is 22.9. The van der Waals surface area contributed by atoms with Crippen molar-refractivity contribution in [2.24, 2.45) is 0 Å². The van der Waals surface area contributed by atoms with Gasteiger partial charge in [0.2, 0.25) is 5.91 Å². The van der Waals surface area contributed by atoms with E-state index < -0.39 is 5.76 Å². The number of hydrogen-bond acceptors (Lipinski definition) is 6. The SMILES string of the molecule is COCCN(Cc1nc2ccccc2c(=O)[nH]1)C(=O)Cn1c(SC(F)F)nc2ccccc21. The van der Waals surface area contributed by atoms with Gasteiger partial charge in [-0.25, -0.2) is 9.97 Å². The summed E-state index contributed by atoms with van der Waals surface area (Å²) < 4.78 is 32.8. The predicted octanol–water partition coefficient (Wildman–Crippen LogP) is 3.26. The monoisotopic (exact) mass is 473 g/mol. The lowest BCUT2D eigenvalue weighted by Gasteiger charge is -2.23. The predicted molar refractivity (Wildman–Crippen MR) is 121 cm³/mol. The van der Waals surface area contributed by atoms with Crippen molar-refractivity contribution in [3.05, 3.63) is 64.7 Å². The second-order valence-electron chi connectivity index (χ2n) is 7.19. The van der Waals surface area contributed by atoms with Crippen molar-refractivity contribution in [1.82, 2.24) is 24.4 Å². The van der Waals surface area contributed by atoms with Crippen LogP contribution < -0.4 is 5.56 Å². The Labute approximate surface area is 191 Å². The Morgan fingerprint density at radius 1 is 1.15 bits per heavy atom. The molecule has 8 nitrogen and oxygen atoms in total. The molecule has 0 atom stereocenters. The fourth-order valence-electron chi connectivity index (χ4n) is 3.50. The number of aromatic amines is 1. The molecule has 0 fully saturated rings. The molecule has 4 rings (SSSR count). The Bertz CT molecular complexity index is 1340. The highest BCUT2D eigenvalue weighted by Crippen LogP contribution is 2.28. The zero-order valence-corrected chi connectivity index (χ0v) is 18.5. The van der Waals surface area contributed by atoms with Gasteiger partial charge in [0.1, 0.15) is 12.4 Å². The number of amides is 1. The number of nitrogens with one attached hydrogen (secondary N) is 1. The number of carbonyl (C=O) groups is 1. The van der Waals surface area contributed by atoms with Crippen LogP contribution in [0.4, 0.5) is 8.78 Å². The molecule has 172 valence electrons. The number of methoxy groups -OCH3 is 1. The highest BCUT2D eigenvalue weighted by atomic mass is 32.2. The topological polar surface area (TPSA) is 93.1 Å². The van der Waals surface area contributed by atoms with Crippen molar-refractivity contribution < 1.29 is 18.3 Å². The molecule has 0 radical (unpaired) electrons. The number of nitrogens with zero attached hydrogens (tertiary/aromatic N) is 4. The zero-order chi connectivity index (χ0) is 23.4. The van der Waals surface area contributed by atoms with Crippen LogP contribution in [-0.4, -0.2) is 56.3 Å². The van der Waals surface area contributed by atoms with E-state index in [9.17, 15) is 18.4 Å². The van der Waals surface area contributed by atoms with Gasteiger partial charge in [0, 0.05) is 13.7 Å². The number of hydrogen-bond donors (Lipinski definition) is 1. The van der Waals surface area contributed by atoms with Gasteiger partial charge >= 0.3 is 0 Å². The van der Waals surface area contributed by atoms with Crippen LogP contribution in [0.1, 0.15) is 5.82 Å². The minimum atomic E-state index is -2.67. The van der Waals surface area contributed by atoms with Gasteiger partial charge in [-0.3, -0.25) is 9.59 Å². The second-order valence-corrected chi connectivity index (χ2v) is 8.14. The van der Waals surface area contributed by atoms with Crippen molar-refractivity contribution in [2.45, 2.75) is 24.0 Å². The van der Waals surface area contributed by atoms with Crippen molar-refractivity contribution >= 4 is 39.6 Å². The first-order valence-electron chi connectivity index (χ1n) is 10.1. The van der Waals surface area contributed by atoms with Crippen molar-refractivity contribution in [3.63, 3.8) is 0 Å². The standard InChI is InChI=1S/C22H21F2N5O3S/c1-32-11-10-28(12-18-25-15-7-3-2-6-14(15)20(31)27-18)19(30)13-29-17-9-5-4-8-16(17)26-22(29)33-21(23)24/h2-9,21H,10-13H2,1H3,(H,25,27,31). The molecular formula is C22H21F2N5O3S. The van der Waals surface area contributed by atoms with Gasteiger partial charge in [0.15, 0.2) is 5.16 Å². The summed E-state index contributed by atoms with van der Waals surface area (Å²) >= 11 is 0.293. The molecule has 0 aliphatic carbocycles. The van der Waals surface area contributed by atoms with E-state index in [-0.39, 0.29) is 42.9 Å². The third kappa shape index (κ3) is 5.20. The summed E-state index contributed by atoms with van der Waals surface area (Å²) in [7, 11) is 1.51. The number of fused-ring (bicyclic) bond motifs is 2. The molecule has 11 heteroatoms. The third-order valence-electron chi connectivity index (χ3n) is 5.03. The Hall–Kier alpha value is -3.31. The number of aromatic nitrogens is 4. The molecule has 0 aliphatic rings. The normalized spacial score (nSPS) is 11.5. The van der Waals surface area contributed by atoms with Gasteiger partial charge in [0.25, 0.3) is 11.3 Å². The molecule has 0 spiro atoms. The van der Waals surface area contributed by atoms with Gasteiger partial charge in [-0.1, -0.05) is 24.3 Å². The minimum Gasteiger partial charge on any atom is -0.383 e. The lowest BCUT2D eigenvalue weighted by atomic mass is 10.2. The van der Waals surface area contributed by atoms with E-state index in [0.29, 0.717) is 39.5 Å². The van der Waals surface area contributed by atoms with Crippen molar-refractivity contribution in [3.8, 4) is 0 Å². The maximum Gasteiger partial charge on any atom is 0.291 e. The van der Waals surface area contributed by atoms with Gasteiger partial charge < -0.3 is 19.2 Å². The number of thioether (sulfide) groups is 1. The van der Waals surface area contributed by atoms with Crippen LogP contribution in [-0.2, 0) is 22.6 Å². The molecule has 1 amide bonds. The minimum absolute atomic E-state index is 0.0339. The Morgan fingerprint density at radius 2 is 1.88 bits per heavy atom. The average molecular weight is 474 g/mol. The van der Waals surface area contributed by atoms with Crippen LogP contribution in [0.3, 0.4) is 0 Å². The number of rotatable bonds is 9. The first-order chi connectivity index (χ1) is 16.0. The van der Waals surface area contributed by atoms with Crippen LogP contribution in [0.15, 0.2) is 58.5 Å². The van der Waals surface area contributed by atoms with Gasteiger partial charge in [-0.2, -0.15) is 8.78 Å². The van der Waals surface area contributed by atoms with Crippen LogP contribution in [0.2, 0.25) is 0 Å². The number of carbonyl (C=O) groups excluding carboxylic acids is 1. The Morgan fingerprint density at radius 3 is 2.64 bits per heavy atom. The highest BCUT2D eigenvalue weighted by Gasteiger charge is 2.21. The number of ether oxygens (including phenoxy) is 1. The Balaban J connectivity index is 1.63. The van der Waals surface area contributed by atoms with Gasteiger partial charge in [-0.15, -0.1) is 0 Å². The van der Waals surface area contributed by atoms with E-state index in [1.165, 1.54) is 16.6 Å². The second kappa shape index (κ2) is 10.1. The maximum atomic E-state index is 13.3. The largest absolute Gasteiger partial charge is 0.383 e. The molecule has 0 saturated heterocycles. The molecule has 4 aromatic rings. The number of benzene rings is 2. The molecular weight excluding hydrogens is 452 g/mol. The van der Waals surface area contributed by atoms with Crippen LogP contribution in [0, 0.1) is 0 Å². The van der Waals surface area contributed by atoms with E-state index in [1.54, 1.807) is 48.5 Å². The highest BCUT2D eigenvalue weighted by molar-refractivity contribution is 7.99. The van der Waals surface area contributed by atoms with Gasteiger partial charge in [-0.05, 0) is 36.0 Å². The quantitative estimate of drug-likeness (QED) is 0.375. The summed E-state index contributed by atoms with van der Waals surface area (Å²) in [5.74, 6) is -2.70. The fraction of sp³-hybridized carbons (Fsp3) is 0.273. The van der Waals surface area contributed by atoms with Crippen LogP contribution in [0.5, 0.6) is 0 Å². The summed E-state index contributed by atoms with van der Waals surface area (Å²) in [4.78, 5) is 38.6. The van der Waals surface area contributed by atoms with Crippen LogP contribution in [0.25, 0.3) is 21.9 Å². The first-order valence-corrected chi connectivity index (χ1v) is 11.0. The maximum absolute atomic E-state index is 13.3. The lowest BCUT2D eigenvalue weighted by molar-refractivity contribution is -0.133. The summed E-state index contributed by atoms with van der Waals surface area (Å²) in [6.07, 6.45) is 0. The molecule has 2 heterocycles. The number of para-hydroxylation sites is 3. The number of imidazole rings is 1. The molecule has 0 bridgehead atoms. The third-order valence-corrected chi connectivity index (χ3v) is 5.73. The number of H-pyrrole nitrogens is 1. The van der Waals surface area contributed by atoms with Gasteiger partial charge in [0.05, 0.1) is 35.1 Å². The fourth-order valence-corrected chi connectivity index (χ4v) is 4.10. The molecule has 1 N–H and O–H groups in total. The zero-order valence-electron chi connectivity index (χ0n) is 17.7. The van der Waals surface area contributed by atoms with Crippen molar-refractivity contribution in [1.29, 1.82) is 0 Å². The summed E-state index contributed by atoms with van der Waals surface area (Å²) in [6, 6.07) is 13.9. The number of alkyl halides is 2. The van der Waals surface area contributed by atoms with E-state index >= 15 is 0 Å². The van der Waals surface area contributed by atoms with E-state index in [2.05, 4.69) is 15.0 Å². The van der Waals surface area contributed by atoms with Crippen LogP contribution >= 0.6 is 11.8 Å². The van der Waals surface area contributed by atoms with Crippen molar-refractivity contribution in [2.75, 3.05) is 20.3 Å². The molecule has 0 saturated carbocycles. The van der Waals surface area contributed by atoms with E-state index in [1.807, 2.05) is 0 Å². The molecule has 0 unspecified atom stereocenters. The lowest BCUT2D eigenvalue weighted by Crippen LogP contribution is -2.37. The summed E-state index contributed by atoms with van der Waals surface area (Å²) in [5, 5.41) is 0.512. The summed E-state index contributed by atoms with van der Waals surface area (Å²) in [5.41, 5.74) is 1.33.